The third-order valence-corrected chi connectivity index (χ3v) is 4.57. The molecule has 3 aromatic carbocycles. The van der Waals surface area contributed by atoms with Crippen molar-refractivity contribution in [2.24, 2.45) is 11.5 Å². The molecule has 1 amide bonds. The molecule has 0 saturated heterocycles. The zero-order valence-corrected chi connectivity index (χ0v) is 14.5. The van der Waals surface area contributed by atoms with Gasteiger partial charge in [-0.05, 0) is 16.7 Å². The lowest BCUT2D eigenvalue weighted by Gasteiger charge is -2.37. The van der Waals surface area contributed by atoms with Gasteiger partial charge in [-0.25, -0.2) is 0 Å². The van der Waals surface area contributed by atoms with Crippen LogP contribution in [0.3, 0.4) is 0 Å². The molecular weight excluding hydrogens is 322 g/mol. The molecule has 0 aliphatic heterocycles. The van der Waals surface area contributed by atoms with Gasteiger partial charge in [-0.15, -0.1) is 0 Å². The third kappa shape index (κ3) is 3.52. The Hall–Kier alpha value is -2.95. The molecular formula is C22H23N3O. The second kappa shape index (κ2) is 7.95. The predicted molar refractivity (Wildman–Crippen MR) is 104 cm³/mol. The average molecular weight is 345 g/mol. The fourth-order valence-electron chi connectivity index (χ4n) is 3.23. The summed E-state index contributed by atoms with van der Waals surface area (Å²) < 4.78 is 0. The fraction of sp³-hybridized carbons (Fsp3) is 0.136. The van der Waals surface area contributed by atoms with Gasteiger partial charge >= 0.3 is 0 Å². The molecule has 1 atom stereocenters. The molecule has 0 bridgehead atoms. The summed E-state index contributed by atoms with van der Waals surface area (Å²) in [6, 6.07) is 29.7. The van der Waals surface area contributed by atoms with E-state index in [9.17, 15) is 4.79 Å². The number of hydrogen-bond acceptors (Lipinski definition) is 3. The molecule has 5 N–H and O–H groups in total. The first-order valence-corrected chi connectivity index (χ1v) is 8.61. The van der Waals surface area contributed by atoms with Gasteiger partial charge in [0.05, 0.1) is 11.6 Å². The van der Waals surface area contributed by atoms with Gasteiger partial charge in [0.2, 0.25) is 5.91 Å². The number of nitrogens with one attached hydrogen (secondary N) is 1. The second-order valence-electron chi connectivity index (χ2n) is 6.24. The van der Waals surface area contributed by atoms with Gasteiger partial charge in [0.1, 0.15) is 0 Å². The molecule has 0 aliphatic carbocycles. The van der Waals surface area contributed by atoms with Crippen LogP contribution in [0.2, 0.25) is 0 Å². The molecule has 1 unspecified atom stereocenters. The SMILES string of the molecule is NC(=O)C(N)CNC(c1ccccc1)(c1ccccc1)c1ccccc1. The molecule has 3 rings (SSSR count). The van der Waals surface area contributed by atoms with Gasteiger partial charge in [0.25, 0.3) is 0 Å². The lowest BCUT2D eigenvalue weighted by Crippen LogP contribution is -2.52. The maximum absolute atomic E-state index is 11.5. The van der Waals surface area contributed by atoms with E-state index >= 15 is 0 Å². The minimum Gasteiger partial charge on any atom is -0.368 e. The van der Waals surface area contributed by atoms with Crippen molar-refractivity contribution in [2.75, 3.05) is 6.54 Å². The van der Waals surface area contributed by atoms with Crippen LogP contribution in [-0.2, 0) is 10.3 Å². The Morgan fingerprint density at radius 2 is 1.12 bits per heavy atom. The van der Waals surface area contributed by atoms with E-state index in [1.807, 2.05) is 54.6 Å². The summed E-state index contributed by atoms with van der Waals surface area (Å²) in [5.74, 6) is -0.527. The van der Waals surface area contributed by atoms with E-state index in [1.165, 1.54) is 0 Å². The summed E-state index contributed by atoms with van der Waals surface area (Å²) in [5, 5.41) is 3.54. The largest absolute Gasteiger partial charge is 0.368 e. The minimum atomic E-state index is -0.773. The van der Waals surface area contributed by atoms with Crippen LogP contribution < -0.4 is 16.8 Å². The molecule has 0 aromatic heterocycles. The highest BCUT2D eigenvalue weighted by Gasteiger charge is 2.36. The van der Waals surface area contributed by atoms with E-state index < -0.39 is 17.5 Å². The Kier molecular flexibility index (Phi) is 5.46. The van der Waals surface area contributed by atoms with Gasteiger partial charge in [-0.2, -0.15) is 0 Å². The first kappa shape index (κ1) is 17.9. The number of benzene rings is 3. The van der Waals surface area contributed by atoms with Crippen molar-refractivity contribution in [1.29, 1.82) is 0 Å². The number of nitrogens with two attached hydrogens (primary N) is 2. The number of rotatable bonds is 7. The van der Waals surface area contributed by atoms with E-state index in [-0.39, 0.29) is 6.54 Å². The Balaban J connectivity index is 2.19. The van der Waals surface area contributed by atoms with Crippen molar-refractivity contribution in [3.63, 3.8) is 0 Å². The Bertz CT molecular complexity index is 738. The highest BCUT2D eigenvalue weighted by atomic mass is 16.1. The van der Waals surface area contributed by atoms with Crippen LogP contribution in [0.4, 0.5) is 0 Å². The molecule has 3 aromatic rings. The zero-order valence-electron chi connectivity index (χ0n) is 14.5. The Labute approximate surface area is 153 Å². The summed E-state index contributed by atoms with van der Waals surface area (Å²) in [7, 11) is 0. The van der Waals surface area contributed by atoms with Crippen molar-refractivity contribution in [2.45, 2.75) is 11.6 Å². The molecule has 4 nitrogen and oxygen atoms in total. The van der Waals surface area contributed by atoms with Gasteiger partial charge < -0.3 is 11.5 Å². The molecule has 26 heavy (non-hydrogen) atoms. The van der Waals surface area contributed by atoms with Crippen LogP contribution in [0.25, 0.3) is 0 Å². The normalized spacial score (nSPS) is 12.5. The summed E-state index contributed by atoms with van der Waals surface area (Å²) >= 11 is 0. The van der Waals surface area contributed by atoms with E-state index in [2.05, 4.69) is 41.7 Å². The Morgan fingerprint density at radius 1 is 0.769 bits per heavy atom. The summed E-state index contributed by atoms with van der Waals surface area (Å²) in [5.41, 5.74) is 13.8. The van der Waals surface area contributed by atoms with E-state index in [0.29, 0.717) is 0 Å². The quantitative estimate of drug-likeness (QED) is 0.575. The number of primary amides is 1. The first-order chi connectivity index (χ1) is 12.6. The number of carbonyl (C=O) groups excluding carboxylic acids is 1. The molecule has 0 fully saturated rings. The fourth-order valence-corrected chi connectivity index (χ4v) is 3.23. The monoisotopic (exact) mass is 345 g/mol. The molecule has 4 heteroatoms. The van der Waals surface area contributed by atoms with Crippen LogP contribution in [-0.4, -0.2) is 18.5 Å². The van der Waals surface area contributed by atoms with Gasteiger partial charge in [0, 0.05) is 6.54 Å². The number of amides is 1. The maximum atomic E-state index is 11.5. The summed E-state index contributed by atoms with van der Waals surface area (Å²) in [6.07, 6.45) is 0. The van der Waals surface area contributed by atoms with Crippen molar-refractivity contribution in [3.8, 4) is 0 Å². The third-order valence-electron chi connectivity index (χ3n) is 4.57. The lowest BCUT2D eigenvalue weighted by molar-refractivity contribution is -0.119. The maximum Gasteiger partial charge on any atom is 0.235 e. The lowest BCUT2D eigenvalue weighted by atomic mass is 9.77. The van der Waals surface area contributed by atoms with Crippen molar-refractivity contribution in [1.82, 2.24) is 5.32 Å². The van der Waals surface area contributed by atoms with Crippen LogP contribution in [0.1, 0.15) is 16.7 Å². The predicted octanol–water partition coefficient (Wildman–Crippen LogP) is 2.38. The highest BCUT2D eigenvalue weighted by molar-refractivity contribution is 5.79. The van der Waals surface area contributed by atoms with Crippen LogP contribution in [0, 0.1) is 0 Å². The van der Waals surface area contributed by atoms with Gasteiger partial charge in [0.15, 0.2) is 0 Å². The molecule has 0 saturated carbocycles. The molecule has 132 valence electrons. The summed E-state index contributed by atoms with van der Waals surface area (Å²) in [4.78, 5) is 11.5. The van der Waals surface area contributed by atoms with Gasteiger partial charge in [-0.1, -0.05) is 91.0 Å². The number of hydrogen-bond donors (Lipinski definition) is 3. The van der Waals surface area contributed by atoms with E-state index in [0.717, 1.165) is 16.7 Å². The number of carbonyl (C=O) groups is 1. The smallest absolute Gasteiger partial charge is 0.235 e. The second-order valence-corrected chi connectivity index (χ2v) is 6.24. The standard InChI is InChI=1S/C22H23N3O/c23-20(21(24)26)16-25-22(17-10-4-1-5-11-17,18-12-6-2-7-13-18)19-14-8-3-9-15-19/h1-15,20,25H,16,23H2,(H2,24,26). The van der Waals surface area contributed by atoms with Crippen LogP contribution >= 0.6 is 0 Å². The van der Waals surface area contributed by atoms with Crippen molar-refractivity contribution in [3.05, 3.63) is 108 Å². The average Bonchev–Trinajstić information content (AvgIpc) is 2.70. The molecule has 0 aliphatic rings. The molecule has 0 heterocycles. The van der Waals surface area contributed by atoms with Crippen LogP contribution in [0.5, 0.6) is 0 Å². The summed E-state index contributed by atoms with van der Waals surface area (Å²) in [6.45, 7) is 0.258. The highest BCUT2D eigenvalue weighted by Crippen LogP contribution is 2.36. The van der Waals surface area contributed by atoms with Crippen LogP contribution in [0.15, 0.2) is 91.0 Å². The zero-order chi connectivity index (χ0) is 18.4. The van der Waals surface area contributed by atoms with E-state index in [1.54, 1.807) is 0 Å². The van der Waals surface area contributed by atoms with Crippen molar-refractivity contribution >= 4 is 5.91 Å². The molecule has 0 radical (unpaired) electrons. The first-order valence-electron chi connectivity index (χ1n) is 8.61. The topological polar surface area (TPSA) is 81.1 Å². The van der Waals surface area contributed by atoms with Crippen molar-refractivity contribution < 1.29 is 4.79 Å². The molecule has 0 spiro atoms. The Morgan fingerprint density at radius 3 is 1.42 bits per heavy atom. The van der Waals surface area contributed by atoms with Gasteiger partial charge in [-0.3, -0.25) is 10.1 Å². The van der Waals surface area contributed by atoms with E-state index in [4.69, 9.17) is 11.5 Å². The minimum absolute atomic E-state index is 0.258.